The Balaban J connectivity index is 2.55. The number of nitrogens with two attached hydrogens (primary N) is 1. The van der Waals surface area contributed by atoms with Crippen LogP contribution in [0.5, 0.6) is 0 Å². The second-order valence-corrected chi connectivity index (χ2v) is 6.12. The molecule has 19 heavy (non-hydrogen) atoms. The Labute approximate surface area is 114 Å². The maximum Gasteiger partial charge on any atom is 0.264 e. The number of aryl methyl sites for hydroxylation is 1. The van der Waals surface area contributed by atoms with E-state index in [4.69, 9.17) is 5.73 Å². The van der Waals surface area contributed by atoms with Crippen molar-refractivity contribution < 1.29 is 13.2 Å². The van der Waals surface area contributed by atoms with Crippen molar-refractivity contribution in [1.29, 1.82) is 0 Å². The van der Waals surface area contributed by atoms with E-state index >= 15 is 0 Å². The van der Waals surface area contributed by atoms with E-state index in [-0.39, 0.29) is 11.3 Å². The average Bonchev–Trinajstić information content (AvgIpc) is 2.34. The number of benzene rings is 1. The lowest BCUT2D eigenvalue weighted by Gasteiger charge is -2.07. The van der Waals surface area contributed by atoms with E-state index in [0.717, 1.165) is 18.4 Å². The van der Waals surface area contributed by atoms with Crippen LogP contribution in [0.25, 0.3) is 0 Å². The first-order valence-electron chi connectivity index (χ1n) is 6.28. The van der Waals surface area contributed by atoms with Crippen LogP contribution >= 0.6 is 0 Å². The summed E-state index contributed by atoms with van der Waals surface area (Å²) in [5.74, 6) is -0.474. The molecule has 6 heteroatoms. The van der Waals surface area contributed by atoms with Crippen LogP contribution in [-0.4, -0.2) is 20.9 Å². The summed E-state index contributed by atoms with van der Waals surface area (Å²) < 4.78 is 25.9. The Hall–Kier alpha value is -1.40. The number of carbonyl (C=O) groups is 1. The van der Waals surface area contributed by atoms with Crippen LogP contribution in [0.15, 0.2) is 29.2 Å². The van der Waals surface area contributed by atoms with E-state index in [0.29, 0.717) is 13.0 Å². The largest absolute Gasteiger partial charge is 0.330 e. The van der Waals surface area contributed by atoms with Crippen molar-refractivity contribution in [2.75, 3.05) is 6.54 Å². The standard InChI is InChI=1S/C13H20N2O3S/c1-11-6-8-12(9-7-11)19(17,18)15-13(16)5-3-2-4-10-14/h6-9H,2-5,10,14H2,1H3,(H,15,16). The zero-order chi connectivity index (χ0) is 14.3. The summed E-state index contributed by atoms with van der Waals surface area (Å²) in [6, 6.07) is 6.36. The first kappa shape index (κ1) is 15.7. The summed E-state index contributed by atoms with van der Waals surface area (Å²) in [7, 11) is -3.74. The van der Waals surface area contributed by atoms with Gasteiger partial charge in [0.25, 0.3) is 10.0 Å². The van der Waals surface area contributed by atoms with Gasteiger partial charge in [0, 0.05) is 6.42 Å². The summed E-state index contributed by atoms with van der Waals surface area (Å²) in [4.78, 5) is 11.6. The molecule has 0 spiro atoms. The fraction of sp³-hybridized carbons (Fsp3) is 0.462. The van der Waals surface area contributed by atoms with Gasteiger partial charge in [-0.1, -0.05) is 24.1 Å². The minimum absolute atomic E-state index is 0.105. The Morgan fingerprint density at radius 1 is 1.16 bits per heavy atom. The molecule has 3 N–H and O–H groups in total. The molecule has 1 aromatic carbocycles. The molecular formula is C13H20N2O3S. The SMILES string of the molecule is Cc1ccc(S(=O)(=O)NC(=O)CCCCCN)cc1. The molecule has 1 amide bonds. The number of carbonyl (C=O) groups excluding carboxylic acids is 1. The molecule has 0 radical (unpaired) electrons. The zero-order valence-corrected chi connectivity index (χ0v) is 11.9. The van der Waals surface area contributed by atoms with Crippen molar-refractivity contribution in [3.8, 4) is 0 Å². The Kier molecular flexibility index (Phi) is 5.98. The first-order chi connectivity index (χ1) is 8.95. The number of sulfonamides is 1. The third-order valence-electron chi connectivity index (χ3n) is 2.69. The van der Waals surface area contributed by atoms with Gasteiger partial charge in [-0.25, -0.2) is 13.1 Å². The smallest absolute Gasteiger partial charge is 0.264 e. The van der Waals surface area contributed by atoms with E-state index in [1.54, 1.807) is 12.1 Å². The highest BCUT2D eigenvalue weighted by Crippen LogP contribution is 2.10. The average molecular weight is 284 g/mol. The maximum absolute atomic E-state index is 11.9. The molecule has 1 rings (SSSR count). The van der Waals surface area contributed by atoms with E-state index < -0.39 is 15.9 Å². The highest BCUT2D eigenvalue weighted by Gasteiger charge is 2.16. The molecule has 1 aromatic rings. The molecule has 0 fully saturated rings. The fourth-order valence-corrected chi connectivity index (χ4v) is 2.60. The highest BCUT2D eigenvalue weighted by molar-refractivity contribution is 7.90. The lowest BCUT2D eigenvalue weighted by atomic mass is 10.2. The number of hydrogen-bond acceptors (Lipinski definition) is 4. The Morgan fingerprint density at radius 3 is 2.37 bits per heavy atom. The quantitative estimate of drug-likeness (QED) is 0.739. The van der Waals surface area contributed by atoms with Crippen LogP contribution in [0.3, 0.4) is 0 Å². The molecule has 0 bridgehead atoms. The first-order valence-corrected chi connectivity index (χ1v) is 7.76. The zero-order valence-electron chi connectivity index (χ0n) is 11.1. The topological polar surface area (TPSA) is 89.3 Å². The minimum Gasteiger partial charge on any atom is -0.330 e. The van der Waals surface area contributed by atoms with Crippen molar-refractivity contribution in [3.63, 3.8) is 0 Å². The van der Waals surface area contributed by atoms with Gasteiger partial charge in [0.15, 0.2) is 0 Å². The van der Waals surface area contributed by atoms with Gasteiger partial charge in [-0.3, -0.25) is 4.79 Å². The molecule has 0 heterocycles. The van der Waals surface area contributed by atoms with Crippen LogP contribution in [0.4, 0.5) is 0 Å². The van der Waals surface area contributed by atoms with Crippen molar-refractivity contribution in [1.82, 2.24) is 4.72 Å². The molecule has 0 unspecified atom stereocenters. The van der Waals surface area contributed by atoms with Gasteiger partial charge in [-0.05, 0) is 38.4 Å². The van der Waals surface area contributed by atoms with E-state index in [9.17, 15) is 13.2 Å². The van der Waals surface area contributed by atoms with Gasteiger partial charge >= 0.3 is 0 Å². The molecule has 106 valence electrons. The van der Waals surface area contributed by atoms with Gasteiger partial charge in [0.1, 0.15) is 0 Å². The number of rotatable bonds is 7. The summed E-state index contributed by atoms with van der Waals surface area (Å²) in [5, 5.41) is 0. The van der Waals surface area contributed by atoms with Gasteiger partial charge in [0.2, 0.25) is 5.91 Å². The lowest BCUT2D eigenvalue weighted by Crippen LogP contribution is -2.30. The Bertz CT molecular complexity index is 509. The lowest BCUT2D eigenvalue weighted by molar-refractivity contribution is -0.119. The van der Waals surface area contributed by atoms with Gasteiger partial charge < -0.3 is 5.73 Å². The molecule has 0 saturated heterocycles. The van der Waals surface area contributed by atoms with E-state index in [1.165, 1.54) is 12.1 Å². The van der Waals surface area contributed by atoms with Gasteiger partial charge in [-0.2, -0.15) is 0 Å². The van der Waals surface area contributed by atoms with E-state index in [2.05, 4.69) is 4.72 Å². The van der Waals surface area contributed by atoms with Crippen LogP contribution in [0.2, 0.25) is 0 Å². The van der Waals surface area contributed by atoms with Gasteiger partial charge in [0.05, 0.1) is 4.90 Å². The fourth-order valence-electron chi connectivity index (χ4n) is 1.58. The van der Waals surface area contributed by atoms with Crippen molar-refractivity contribution in [2.45, 2.75) is 37.5 Å². The minimum atomic E-state index is -3.74. The second kappa shape index (κ2) is 7.25. The molecule has 0 aliphatic carbocycles. The molecule has 5 nitrogen and oxygen atoms in total. The van der Waals surface area contributed by atoms with Crippen LogP contribution in [0.1, 0.15) is 31.2 Å². The van der Waals surface area contributed by atoms with E-state index in [1.807, 2.05) is 6.92 Å². The van der Waals surface area contributed by atoms with Crippen LogP contribution in [0, 0.1) is 6.92 Å². The normalized spacial score (nSPS) is 11.3. The third-order valence-corrected chi connectivity index (χ3v) is 4.08. The monoisotopic (exact) mass is 284 g/mol. The van der Waals surface area contributed by atoms with Crippen LogP contribution < -0.4 is 10.5 Å². The summed E-state index contributed by atoms with van der Waals surface area (Å²) in [6.07, 6.45) is 2.52. The number of amides is 1. The van der Waals surface area contributed by atoms with Crippen LogP contribution in [-0.2, 0) is 14.8 Å². The summed E-state index contributed by atoms with van der Waals surface area (Å²) in [5.41, 5.74) is 6.30. The third kappa shape index (κ3) is 5.40. The number of unbranched alkanes of at least 4 members (excludes halogenated alkanes) is 2. The molecule has 0 aliphatic heterocycles. The van der Waals surface area contributed by atoms with Crippen molar-refractivity contribution >= 4 is 15.9 Å². The predicted octanol–water partition coefficient (Wildman–Crippen LogP) is 1.32. The molecule has 0 aromatic heterocycles. The van der Waals surface area contributed by atoms with Crippen molar-refractivity contribution in [3.05, 3.63) is 29.8 Å². The Morgan fingerprint density at radius 2 is 1.79 bits per heavy atom. The maximum atomic E-state index is 11.9. The van der Waals surface area contributed by atoms with Crippen molar-refractivity contribution in [2.24, 2.45) is 5.73 Å². The second-order valence-electron chi connectivity index (χ2n) is 4.44. The molecular weight excluding hydrogens is 264 g/mol. The number of hydrogen-bond donors (Lipinski definition) is 2. The highest BCUT2D eigenvalue weighted by atomic mass is 32.2. The molecule has 0 saturated carbocycles. The molecule has 0 aliphatic rings. The number of nitrogens with one attached hydrogen (secondary N) is 1. The summed E-state index contributed by atoms with van der Waals surface area (Å²) in [6.45, 7) is 2.45. The molecule has 0 atom stereocenters. The summed E-state index contributed by atoms with van der Waals surface area (Å²) >= 11 is 0. The predicted molar refractivity (Wildman–Crippen MR) is 74.0 cm³/mol. The van der Waals surface area contributed by atoms with Gasteiger partial charge in [-0.15, -0.1) is 0 Å².